The number of hydrogen-bond donors (Lipinski definition) is 1. The molecular formula is C33H33N3O4. The summed E-state index contributed by atoms with van der Waals surface area (Å²) < 4.78 is 5.38. The molecule has 0 saturated carbocycles. The van der Waals surface area contributed by atoms with Crippen LogP contribution in [0.1, 0.15) is 34.3 Å². The van der Waals surface area contributed by atoms with Crippen molar-refractivity contribution < 1.29 is 19.1 Å². The Morgan fingerprint density at radius 2 is 1.65 bits per heavy atom. The van der Waals surface area contributed by atoms with Crippen molar-refractivity contribution >= 4 is 34.2 Å². The first-order chi connectivity index (χ1) is 19.5. The van der Waals surface area contributed by atoms with Gasteiger partial charge in [-0.2, -0.15) is 0 Å². The average Bonchev–Trinajstić information content (AvgIpc) is 3.27. The third-order valence-electron chi connectivity index (χ3n) is 7.43. The van der Waals surface area contributed by atoms with Crippen molar-refractivity contribution in [2.75, 3.05) is 25.6 Å². The number of hydrogen-bond acceptors (Lipinski definition) is 4. The van der Waals surface area contributed by atoms with E-state index in [0.717, 1.165) is 27.6 Å². The van der Waals surface area contributed by atoms with Crippen LogP contribution in [0.4, 0.5) is 5.69 Å². The number of amides is 3. The molecule has 0 saturated heterocycles. The Kier molecular flexibility index (Phi) is 8.10. The number of carbonyl (C=O) groups is 3. The average molecular weight is 536 g/mol. The number of anilines is 1. The summed E-state index contributed by atoms with van der Waals surface area (Å²) in [5, 5.41) is 4.74. The highest BCUT2D eigenvalue weighted by Crippen LogP contribution is 2.37. The number of ether oxygens (including phenoxy) is 1. The monoisotopic (exact) mass is 535 g/mol. The van der Waals surface area contributed by atoms with E-state index in [9.17, 15) is 14.4 Å². The minimum atomic E-state index is -0.697. The van der Waals surface area contributed by atoms with E-state index in [-0.39, 0.29) is 30.7 Å². The van der Waals surface area contributed by atoms with Gasteiger partial charge in [-0.1, -0.05) is 66.7 Å². The fourth-order valence-electron chi connectivity index (χ4n) is 5.42. The van der Waals surface area contributed by atoms with Gasteiger partial charge in [0.05, 0.1) is 12.8 Å². The zero-order chi connectivity index (χ0) is 28.1. The molecule has 1 heterocycles. The van der Waals surface area contributed by atoms with Crippen LogP contribution in [0.15, 0.2) is 91.0 Å². The Bertz CT molecular complexity index is 1530. The molecule has 0 aromatic heterocycles. The van der Waals surface area contributed by atoms with Gasteiger partial charge in [-0.15, -0.1) is 0 Å². The van der Waals surface area contributed by atoms with Crippen molar-refractivity contribution in [3.05, 3.63) is 108 Å². The van der Waals surface area contributed by atoms with Crippen molar-refractivity contribution in [2.45, 2.75) is 31.8 Å². The van der Waals surface area contributed by atoms with Gasteiger partial charge in [-0.25, -0.2) is 0 Å². The zero-order valence-corrected chi connectivity index (χ0v) is 22.8. The van der Waals surface area contributed by atoms with Crippen LogP contribution in [-0.2, 0) is 22.6 Å². The van der Waals surface area contributed by atoms with Crippen molar-refractivity contribution in [3.8, 4) is 5.75 Å². The van der Waals surface area contributed by atoms with Crippen molar-refractivity contribution in [1.82, 2.24) is 10.2 Å². The number of nitrogens with one attached hydrogen (secondary N) is 1. The van der Waals surface area contributed by atoms with Crippen molar-refractivity contribution in [2.24, 2.45) is 0 Å². The van der Waals surface area contributed by atoms with Crippen molar-refractivity contribution in [3.63, 3.8) is 0 Å². The third kappa shape index (κ3) is 5.54. The second-order valence-corrected chi connectivity index (χ2v) is 9.93. The maximum atomic E-state index is 13.8. The topological polar surface area (TPSA) is 79.0 Å². The summed E-state index contributed by atoms with van der Waals surface area (Å²) >= 11 is 0. The molecule has 204 valence electrons. The van der Waals surface area contributed by atoms with E-state index in [2.05, 4.69) is 5.32 Å². The number of likely N-dealkylation sites (N-methyl/N-ethyl adjacent to an activating group) is 1. The van der Waals surface area contributed by atoms with Crippen LogP contribution >= 0.6 is 0 Å². The second-order valence-electron chi connectivity index (χ2n) is 9.93. The van der Waals surface area contributed by atoms with E-state index in [4.69, 9.17) is 4.74 Å². The van der Waals surface area contributed by atoms with Gasteiger partial charge in [-0.05, 0) is 47.2 Å². The van der Waals surface area contributed by atoms with E-state index in [1.807, 2.05) is 91.0 Å². The molecule has 0 bridgehead atoms. The maximum absolute atomic E-state index is 13.8. The molecule has 7 nitrogen and oxygen atoms in total. The van der Waals surface area contributed by atoms with Gasteiger partial charge in [0.25, 0.3) is 5.91 Å². The Hall–Kier alpha value is -4.65. The Balaban J connectivity index is 1.36. The van der Waals surface area contributed by atoms with Crippen LogP contribution in [0.3, 0.4) is 0 Å². The van der Waals surface area contributed by atoms with Gasteiger partial charge in [0, 0.05) is 43.9 Å². The Morgan fingerprint density at radius 3 is 2.40 bits per heavy atom. The van der Waals surface area contributed by atoms with E-state index in [1.54, 1.807) is 24.0 Å². The molecule has 0 fully saturated rings. The fraction of sp³-hybridized carbons (Fsp3) is 0.242. The molecule has 0 aliphatic carbocycles. The highest BCUT2D eigenvalue weighted by Gasteiger charge is 2.32. The minimum Gasteiger partial charge on any atom is -0.497 e. The SMILES string of the molecule is CNC(=O)[C@@H](Cc1ccccc1)N(Cc1cccc(OC)c1)C(=O)CCCN1C(=O)c2cccc3cccc1c23. The van der Waals surface area contributed by atoms with Crippen LogP contribution in [0, 0.1) is 0 Å². The summed E-state index contributed by atoms with van der Waals surface area (Å²) in [6, 6.07) is 28.2. The smallest absolute Gasteiger partial charge is 0.258 e. The van der Waals surface area contributed by atoms with E-state index >= 15 is 0 Å². The first kappa shape index (κ1) is 26.9. The molecule has 5 rings (SSSR count). The summed E-state index contributed by atoms with van der Waals surface area (Å²) in [5.41, 5.74) is 3.41. The highest BCUT2D eigenvalue weighted by atomic mass is 16.5. The molecule has 1 aliphatic heterocycles. The van der Waals surface area contributed by atoms with Gasteiger partial charge in [-0.3, -0.25) is 14.4 Å². The molecule has 3 amide bonds. The van der Waals surface area contributed by atoms with Crippen LogP contribution in [0.5, 0.6) is 5.75 Å². The lowest BCUT2D eigenvalue weighted by molar-refractivity contribution is -0.141. The number of carbonyl (C=O) groups excluding carboxylic acids is 3. The lowest BCUT2D eigenvalue weighted by Crippen LogP contribution is -2.49. The van der Waals surface area contributed by atoms with E-state index in [1.165, 1.54) is 0 Å². The normalized spacial score (nSPS) is 12.8. The molecule has 7 heteroatoms. The molecule has 4 aromatic rings. The molecule has 4 aromatic carbocycles. The first-order valence-corrected chi connectivity index (χ1v) is 13.5. The first-order valence-electron chi connectivity index (χ1n) is 13.5. The van der Waals surface area contributed by atoms with Gasteiger partial charge in [0.1, 0.15) is 11.8 Å². The van der Waals surface area contributed by atoms with Crippen molar-refractivity contribution in [1.29, 1.82) is 0 Å². The van der Waals surface area contributed by atoms with Gasteiger partial charge in [0.2, 0.25) is 11.8 Å². The summed E-state index contributed by atoms with van der Waals surface area (Å²) in [7, 11) is 3.19. The summed E-state index contributed by atoms with van der Waals surface area (Å²) in [4.78, 5) is 43.6. The molecule has 0 unspecified atom stereocenters. The Morgan fingerprint density at radius 1 is 0.925 bits per heavy atom. The molecule has 40 heavy (non-hydrogen) atoms. The molecule has 1 atom stereocenters. The summed E-state index contributed by atoms with van der Waals surface area (Å²) in [6.45, 7) is 0.670. The minimum absolute atomic E-state index is 0.0419. The largest absolute Gasteiger partial charge is 0.497 e. The summed E-state index contributed by atoms with van der Waals surface area (Å²) in [6.07, 6.45) is 1.05. The van der Waals surface area contributed by atoms with Gasteiger partial charge < -0.3 is 19.9 Å². The maximum Gasteiger partial charge on any atom is 0.258 e. The lowest BCUT2D eigenvalue weighted by atomic mass is 10.0. The standard InChI is InChI=1S/C33H33N3O4/c1-34-32(38)29(21-23-10-4-3-5-11-23)36(22-24-12-6-15-26(20-24)40-2)30(37)18-9-19-35-28-17-8-14-25-13-7-16-27(31(25)28)33(35)39/h3-8,10-17,20,29H,9,18-19,21-22H2,1-2H3,(H,34,38)/t29-/m1/s1. The predicted octanol–water partition coefficient (Wildman–Crippen LogP) is 4.97. The van der Waals surface area contributed by atoms with Crippen LogP contribution in [0.25, 0.3) is 10.8 Å². The van der Waals surface area contributed by atoms with E-state index in [0.29, 0.717) is 30.7 Å². The van der Waals surface area contributed by atoms with E-state index < -0.39 is 6.04 Å². The third-order valence-corrected chi connectivity index (χ3v) is 7.43. The van der Waals surface area contributed by atoms with Crippen LogP contribution in [-0.4, -0.2) is 49.4 Å². The number of nitrogens with zero attached hydrogens (tertiary/aromatic N) is 2. The van der Waals surface area contributed by atoms with Gasteiger partial charge in [0.15, 0.2) is 0 Å². The number of methoxy groups -OCH3 is 1. The van der Waals surface area contributed by atoms with Crippen LogP contribution in [0.2, 0.25) is 0 Å². The van der Waals surface area contributed by atoms with Crippen LogP contribution < -0.4 is 15.0 Å². The van der Waals surface area contributed by atoms with Gasteiger partial charge >= 0.3 is 0 Å². The Labute approximate surface area is 234 Å². The molecule has 0 radical (unpaired) electrons. The zero-order valence-electron chi connectivity index (χ0n) is 22.8. The second kappa shape index (κ2) is 12.0. The highest BCUT2D eigenvalue weighted by molar-refractivity contribution is 6.25. The summed E-state index contributed by atoms with van der Waals surface area (Å²) in [5.74, 6) is 0.275. The predicted molar refractivity (Wildman–Crippen MR) is 156 cm³/mol. The number of rotatable bonds is 11. The quantitative estimate of drug-likeness (QED) is 0.294. The molecular weight excluding hydrogens is 502 g/mol. The molecule has 0 spiro atoms. The number of benzene rings is 4. The molecule has 1 aliphatic rings. The molecule has 1 N–H and O–H groups in total. The lowest BCUT2D eigenvalue weighted by Gasteiger charge is -2.31. The fourth-order valence-corrected chi connectivity index (χ4v) is 5.42.